The van der Waals surface area contributed by atoms with Gasteiger partial charge < -0.3 is 19.9 Å². The standard InChI is InChI=1S/C18H31NO4/c20-13-18(4-1-2-5-18)12-19-16(21)11-15-3-6-17(14-23-15)7-9-22-10-8-17/h15,20H,1-14H2,(H,19,21)/t15-/m1/s1. The van der Waals surface area contributed by atoms with E-state index in [4.69, 9.17) is 9.47 Å². The van der Waals surface area contributed by atoms with Gasteiger partial charge in [0.05, 0.1) is 25.7 Å². The lowest BCUT2D eigenvalue weighted by Crippen LogP contribution is -2.43. The topological polar surface area (TPSA) is 67.8 Å². The van der Waals surface area contributed by atoms with Crippen LogP contribution in [0.5, 0.6) is 0 Å². The van der Waals surface area contributed by atoms with Crippen molar-refractivity contribution in [1.82, 2.24) is 5.32 Å². The van der Waals surface area contributed by atoms with Crippen LogP contribution in [0.2, 0.25) is 0 Å². The quantitative estimate of drug-likeness (QED) is 0.811. The molecule has 0 aromatic rings. The predicted octanol–water partition coefficient (Wildman–Crippen LogP) is 2.02. The maximum atomic E-state index is 12.2. The van der Waals surface area contributed by atoms with Gasteiger partial charge in [-0.05, 0) is 43.9 Å². The van der Waals surface area contributed by atoms with Crippen LogP contribution in [0.1, 0.15) is 57.8 Å². The predicted molar refractivity (Wildman–Crippen MR) is 87.1 cm³/mol. The average Bonchev–Trinajstić information content (AvgIpc) is 3.06. The normalized spacial score (nSPS) is 29.5. The number of carbonyl (C=O) groups excluding carboxylic acids is 1. The van der Waals surface area contributed by atoms with Gasteiger partial charge in [-0.3, -0.25) is 4.79 Å². The highest BCUT2D eigenvalue weighted by atomic mass is 16.5. The van der Waals surface area contributed by atoms with Crippen molar-refractivity contribution in [1.29, 1.82) is 0 Å². The molecule has 132 valence electrons. The van der Waals surface area contributed by atoms with Gasteiger partial charge in [0.15, 0.2) is 0 Å². The summed E-state index contributed by atoms with van der Waals surface area (Å²) in [5.41, 5.74) is 0.227. The number of hydrogen-bond acceptors (Lipinski definition) is 4. The zero-order chi connectivity index (χ0) is 16.2. The first-order valence-corrected chi connectivity index (χ1v) is 9.22. The Morgan fingerprint density at radius 3 is 2.48 bits per heavy atom. The number of hydrogen-bond donors (Lipinski definition) is 2. The number of aliphatic hydroxyl groups excluding tert-OH is 1. The lowest BCUT2D eigenvalue weighted by Gasteiger charge is -2.42. The molecule has 2 N–H and O–H groups in total. The van der Waals surface area contributed by atoms with Crippen molar-refractivity contribution in [3.63, 3.8) is 0 Å². The van der Waals surface area contributed by atoms with E-state index < -0.39 is 0 Å². The fourth-order valence-corrected chi connectivity index (χ4v) is 4.36. The van der Waals surface area contributed by atoms with Gasteiger partial charge in [-0.2, -0.15) is 0 Å². The largest absolute Gasteiger partial charge is 0.396 e. The van der Waals surface area contributed by atoms with Gasteiger partial charge in [-0.15, -0.1) is 0 Å². The van der Waals surface area contributed by atoms with Gasteiger partial charge in [0, 0.05) is 25.2 Å². The third-order valence-electron chi connectivity index (χ3n) is 6.25. The molecule has 1 atom stereocenters. The lowest BCUT2D eigenvalue weighted by molar-refractivity contribution is -0.133. The Bertz CT molecular complexity index is 390. The molecule has 0 aromatic heterocycles. The van der Waals surface area contributed by atoms with Crippen molar-refractivity contribution in [2.24, 2.45) is 10.8 Å². The third kappa shape index (κ3) is 4.25. The van der Waals surface area contributed by atoms with E-state index in [-0.39, 0.29) is 24.0 Å². The summed E-state index contributed by atoms with van der Waals surface area (Å²) >= 11 is 0. The van der Waals surface area contributed by atoms with Crippen LogP contribution in [-0.4, -0.2) is 50.1 Å². The van der Waals surface area contributed by atoms with Crippen LogP contribution in [-0.2, 0) is 14.3 Å². The molecular weight excluding hydrogens is 294 g/mol. The van der Waals surface area contributed by atoms with E-state index in [1.807, 2.05) is 0 Å². The van der Waals surface area contributed by atoms with E-state index in [0.29, 0.717) is 18.4 Å². The lowest BCUT2D eigenvalue weighted by atomic mass is 9.75. The molecule has 3 aliphatic rings. The fraction of sp³-hybridized carbons (Fsp3) is 0.944. The molecule has 3 rings (SSSR count). The molecule has 5 heteroatoms. The Morgan fingerprint density at radius 1 is 1.13 bits per heavy atom. The highest BCUT2D eigenvalue weighted by Crippen LogP contribution is 2.40. The smallest absolute Gasteiger partial charge is 0.222 e. The van der Waals surface area contributed by atoms with Gasteiger partial charge in [0.1, 0.15) is 0 Å². The van der Waals surface area contributed by atoms with Crippen LogP contribution in [0.25, 0.3) is 0 Å². The molecule has 0 unspecified atom stereocenters. The summed E-state index contributed by atoms with van der Waals surface area (Å²) in [6.45, 7) is 3.25. The van der Waals surface area contributed by atoms with Crippen LogP contribution >= 0.6 is 0 Å². The van der Waals surface area contributed by atoms with Gasteiger partial charge in [0.25, 0.3) is 0 Å². The highest BCUT2D eigenvalue weighted by molar-refractivity contribution is 5.76. The summed E-state index contributed by atoms with van der Waals surface area (Å²) in [4.78, 5) is 12.2. The molecule has 0 radical (unpaired) electrons. The number of rotatable bonds is 5. The molecule has 0 bridgehead atoms. The minimum absolute atomic E-state index is 0.0529. The summed E-state index contributed by atoms with van der Waals surface area (Å²) in [6.07, 6.45) is 9.17. The number of amides is 1. The highest BCUT2D eigenvalue weighted by Gasteiger charge is 2.38. The van der Waals surface area contributed by atoms with Gasteiger partial charge in [-0.1, -0.05) is 12.8 Å². The molecule has 1 aliphatic carbocycles. The van der Waals surface area contributed by atoms with Gasteiger partial charge >= 0.3 is 0 Å². The second-order valence-electron chi connectivity index (χ2n) is 7.93. The molecule has 3 fully saturated rings. The Hall–Kier alpha value is -0.650. The summed E-state index contributed by atoms with van der Waals surface area (Å²) in [5.74, 6) is 0.0673. The zero-order valence-corrected chi connectivity index (χ0v) is 14.1. The molecule has 0 aromatic carbocycles. The second kappa shape index (κ2) is 7.49. The van der Waals surface area contributed by atoms with Crippen LogP contribution in [0, 0.1) is 10.8 Å². The van der Waals surface area contributed by atoms with E-state index in [1.165, 1.54) is 0 Å². The first kappa shape index (κ1) is 17.2. The van der Waals surface area contributed by atoms with E-state index in [0.717, 1.165) is 71.2 Å². The van der Waals surface area contributed by atoms with Crippen LogP contribution in [0.4, 0.5) is 0 Å². The first-order valence-electron chi connectivity index (χ1n) is 9.22. The van der Waals surface area contributed by atoms with Crippen molar-refractivity contribution in [3.05, 3.63) is 0 Å². The summed E-state index contributed by atoms with van der Waals surface area (Å²) in [6, 6.07) is 0. The van der Waals surface area contributed by atoms with E-state index in [2.05, 4.69) is 5.32 Å². The molecule has 2 saturated heterocycles. The van der Waals surface area contributed by atoms with Crippen molar-refractivity contribution >= 4 is 5.91 Å². The molecule has 2 aliphatic heterocycles. The molecule has 1 saturated carbocycles. The average molecular weight is 325 g/mol. The number of nitrogens with one attached hydrogen (secondary N) is 1. The maximum absolute atomic E-state index is 12.2. The molecule has 1 amide bonds. The number of ether oxygens (including phenoxy) is 2. The maximum Gasteiger partial charge on any atom is 0.222 e. The monoisotopic (exact) mass is 325 g/mol. The summed E-state index contributed by atoms with van der Waals surface area (Å²) in [7, 11) is 0. The third-order valence-corrected chi connectivity index (χ3v) is 6.25. The fourth-order valence-electron chi connectivity index (χ4n) is 4.36. The van der Waals surface area contributed by atoms with Crippen LogP contribution < -0.4 is 5.32 Å². The zero-order valence-electron chi connectivity index (χ0n) is 14.1. The van der Waals surface area contributed by atoms with Crippen molar-refractivity contribution in [2.75, 3.05) is 33.0 Å². The molecule has 23 heavy (non-hydrogen) atoms. The van der Waals surface area contributed by atoms with E-state index in [9.17, 15) is 9.90 Å². The van der Waals surface area contributed by atoms with E-state index in [1.54, 1.807) is 0 Å². The Labute approximate surface area is 139 Å². The molecular formula is C18H31NO4. The van der Waals surface area contributed by atoms with Crippen LogP contribution in [0.15, 0.2) is 0 Å². The van der Waals surface area contributed by atoms with Crippen molar-refractivity contribution in [2.45, 2.75) is 63.9 Å². The second-order valence-corrected chi connectivity index (χ2v) is 7.93. The van der Waals surface area contributed by atoms with Crippen molar-refractivity contribution in [3.8, 4) is 0 Å². The minimum atomic E-state index is -0.0742. The summed E-state index contributed by atoms with van der Waals surface area (Å²) < 4.78 is 11.4. The number of carbonyl (C=O) groups is 1. The Morgan fingerprint density at radius 2 is 1.87 bits per heavy atom. The Balaban J connectivity index is 1.39. The van der Waals surface area contributed by atoms with Crippen LogP contribution in [0.3, 0.4) is 0 Å². The molecule has 2 heterocycles. The first-order chi connectivity index (χ1) is 11.2. The minimum Gasteiger partial charge on any atom is -0.396 e. The SMILES string of the molecule is O=C(C[C@H]1CCC2(CCOCC2)CO1)NCC1(CO)CCCC1. The molecule has 5 nitrogen and oxygen atoms in total. The summed E-state index contributed by atoms with van der Waals surface area (Å²) in [5, 5.41) is 12.6. The Kier molecular flexibility index (Phi) is 5.60. The number of aliphatic hydroxyl groups is 1. The van der Waals surface area contributed by atoms with Gasteiger partial charge in [0.2, 0.25) is 5.91 Å². The molecule has 1 spiro atoms. The van der Waals surface area contributed by atoms with Crippen molar-refractivity contribution < 1.29 is 19.4 Å². The van der Waals surface area contributed by atoms with E-state index >= 15 is 0 Å². The van der Waals surface area contributed by atoms with Gasteiger partial charge in [-0.25, -0.2) is 0 Å².